The summed E-state index contributed by atoms with van der Waals surface area (Å²) < 4.78 is 5.15. The third-order valence-corrected chi connectivity index (χ3v) is 7.54. The van der Waals surface area contributed by atoms with E-state index in [0.29, 0.717) is 22.2 Å². The van der Waals surface area contributed by atoms with Crippen LogP contribution in [0.4, 0.5) is 0 Å². The lowest BCUT2D eigenvalue weighted by molar-refractivity contribution is -0.160. The third-order valence-electron chi connectivity index (χ3n) is 6.84. The van der Waals surface area contributed by atoms with Gasteiger partial charge in [0, 0.05) is 10.6 Å². The van der Waals surface area contributed by atoms with Crippen molar-refractivity contribution in [1.82, 2.24) is 0 Å². The van der Waals surface area contributed by atoms with E-state index >= 15 is 0 Å². The highest BCUT2D eigenvalue weighted by molar-refractivity contribution is 6.39. The van der Waals surface area contributed by atoms with Gasteiger partial charge in [0.2, 0.25) is 0 Å². The number of ether oxygens (including phenoxy) is 1. The number of hydrogen-bond donors (Lipinski definition) is 1. The van der Waals surface area contributed by atoms with Crippen LogP contribution in [0, 0.1) is 11.3 Å². The molecule has 3 unspecified atom stereocenters. The van der Waals surface area contributed by atoms with Crippen LogP contribution < -0.4 is 0 Å². The summed E-state index contributed by atoms with van der Waals surface area (Å²) in [6.45, 7) is 8.22. The molecule has 0 aliphatic heterocycles. The lowest BCUT2D eigenvalue weighted by Gasteiger charge is -2.54. The first-order valence-corrected chi connectivity index (χ1v) is 10.2. The number of carbonyl (C=O) groups excluding carboxylic acids is 1. The molecule has 3 rings (SSSR count). The van der Waals surface area contributed by atoms with Crippen LogP contribution in [-0.4, -0.2) is 24.0 Å². The second kappa shape index (κ2) is 6.97. The van der Waals surface area contributed by atoms with E-state index in [1.807, 2.05) is 26.8 Å². The lowest BCUT2D eigenvalue weighted by atomic mass is 9.49. The number of rotatable bonds is 2. The van der Waals surface area contributed by atoms with Crippen molar-refractivity contribution in [2.24, 2.45) is 16.5 Å². The Morgan fingerprint density at radius 2 is 2.00 bits per heavy atom. The van der Waals surface area contributed by atoms with Crippen LogP contribution in [0.25, 0.3) is 0 Å². The van der Waals surface area contributed by atoms with E-state index in [9.17, 15) is 10.0 Å². The van der Waals surface area contributed by atoms with Crippen LogP contribution >= 0.6 is 23.2 Å². The maximum atomic E-state index is 12.7. The summed E-state index contributed by atoms with van der Waals surface area (Å²) in [5.41, 5.74) is 2.19. The Kier molecular flexibility index (Phi) is 5.28. The summed E-state index contributed by atoms with van der Waals surface area (Å²) >= 11 is 13.4. The summed E-state index contributed by atoms with van der Waals surface area (Å²) in [4.78, 5) is 12.7. The van der Waals surface area contributed by atoms with Crippen molar-refractivity contribution in [2.75, 3.05) is 7.11 Å². The number of esters is 1. The minimum absolute atomic E-state index is 0.0540. The fourth-order valence-corrected chi connectivity index (χ4v) is 6.41. The highest BCUT2D eigenvalue weighted by Crippen LogP contribution is 2.59. The largest absolute Gasteiger partial charge is 0.469 e. The van der Waals surface area contributed by atoms with Crippen LogP contribution in [0.15, 0.2) is 11.2 Å². The average Bonchev–Trinajstić information content (AvgIpc) is 2.60. The number of oxime groups is 1. The number of hydrogen-bond acceptors (Lipinski definition) is 4. The number of nitrogens with zero attached hydrogens (tertiary/aromatic N) is 1. The van der Waals surface area contributed by atoms with E-state index in [-0.39, 0.29) is 23.2 Å². The number of carbonyl (C=O) groups is 1. The molecule has 1 N–H and O–H groups in total. The Balaban J connectivity index is 2.30. The average molecular weight is 412 g/mol. The molecule has 0 radical (unpaired) electrons. The molecule has 0 spiro atoms. The molecule has 1 saturated carbocycles. The fourth-order valence-electron chi connectivity index (χ4n) is 5.41. The third kappa shape index (κ3) is 2.87. The van der Waals surface area contributed by atoms with Gasteiger partial charge in [-0.15, -0.1) is 0 Å². The van der Waals surface area contributed by atoms with E-state index in [2.05, 4.69) is 12.1 Å². The first-order valence-electron chi connectivity index (χ1n) is 9.44. The summed E-state index contributed by atoms with van der Waals surface area (Å²) in [5, 5.41) is 14.6. The molecule has 2 aliphatic rings. The van der Waals surface area contributed by atoms with Crippen LogP contribution in [0.5, 0.6) is 0 Å². The van der Waals surface area contributed by atoms with Gasteiger partial charge in [-0.2, -0.15) is 0 Å². The highest BCUT2D eigenvalue weighted by atomic mass is 35.5. The molecule has 0 amide bonds. The summed E-state index contributed by atoms with van der Waals surface area (Å²) in [5.74, 6) is -0.121. The minimum Gasteiger partial charge on any atom is -0.469 e. The molecule has 0 aromatic heterocycles. The molecule has 4 nitrogen and oxygen atoms in total. The molecule has 27 heavy (non-hydrogen) atoms. The summed E-state index contributed by atoms with van der Waals surface area (Å²) in [6, 6.07) is 1.97. The van der Waals surface area contributed by atoms with Gasteiger partial charge in [-0.25, -0.2) is 0 Å². The Morgan fingerprint density at radius 1 is 1.33 bits per heavy atom. The van der Waals surface area contributed by atoms with Gasteiger partial charge in [0.05, 0.1) is 23.3 Å². The van der Waals surface area contributed by atoms with E-state index in [4.69, 9.17) is 27.9 Å². The maximum absolute atomic E-state index is 12.7. The number of fused-ring (bicyclic) bond motifs is 3. The van der Waals surface area contributed by atoms with Gasteiger partial charge < -0.3 is 9.94 Å². The molecule has 3 atom stereocenters. The predicted molar refractivity (Wildman–Crippen MR) is 108 cm³/mol. The van der Waals surface area contributed by atoms with Crippen LogP contribution in [0.2, 0.25) is 10.0 Å². The molecule has 2 aliphatic carbocycles. The smallest absolute Gasteiger partial charge is 0.311 e. The zero-order valence-electron chi connectivity index (χ0n) is 16.5. The van der Waals surface area contributed by atoms with E-state index in [1.165, 1.54) is 7.11 Å². The van der Waals surface area contributed by atoms with E-state index in [0.717, 1.165) is 36.0 Å². The molecule has 1 fully saturated rings. The monoisotopic (exact) mass is 411 g/mol. The van der Waals surface area contributed by atoms with Gasteiger partial charge in [-0.1, -0.05) is 55.5 Å². The zero-order chi connectivity index (χ0) is 20.1. The van der Waals surface area contributed by atoms with Crippen molar-refractivity contribution in [3.8, 4) is 0 Å². The van der Waals surface area contributed by atoms with Gasteiger partial charge in [-0.05, 0) is 60.6 Å². The summed E-state index contributed by atoms with van der Waals surface area (Å²) in [6.07, 6.45) is 3.05. The van der Waals surface area contributed by atoms with Crippen LogP contribution in [-0.2, 0) is 14.9 Å². The Bertz CT molecular complexity index is 820. The lowest BCUT2D eigenvalue weighted by Crippen LogP contribution is -2.54. The molecule has 0 saturated heterocycles. The maximum Gasteiger partial charge on any atom is 0.311 e. The predicted octanol–water partition coefficient (Wildman–Crippen LogP) is 5.94. The topological polar surface area (TPSA) is 58.9 Å². The van der Waals surface area contributed by atoms with Gasteiger partial charge in [0.15, 0.2) is 0 Å². The quantitative estimate of drug-likeness (QED) is 0.372. The fraction of sp³-hybridized carbons (Fsp3) is 0.619. The summed E-state index contributed by atoms with van der Waals surface area (Å²) in [7, 11) is 1.43. The Morgan fingerprint density at radius 3 is 2.56 bits per heavy atom. The molecule has 1 aromatic carbocycles. The minimum atomic E-state index is -0.648. The Labute approximate surface area is 170 Å². The molecule has 148 valence electrons. The first kappa shape index (κ1) is 20.5. The van der Waals surface area contributed by atoms with Crippen molar-refractivity contribution in [2.45, 2.75) is 64.7 Å². The van der Waals surface area contributed by atoms with Crippen molar-refractivity contribution in [3.63, 3.8) is 0 Å². The molecule has 6 heteroatoms. The second-order valence-corrected chi connectivity index (χ2v) is 9.43. The standard InChI is InChI=1S/C21H27Cl2NO3/c1-11(2)16-13(22)9-12-17(18(16)23)14(24-26)10-15-20(12,3)7-6-8-21(15,4)19(25)27-5/h9,11,15,26H,6-8,10H2,1-5H3. The van der Waals surface area contributed by atoms with Crippen LogP contribution in [0.1, 0.15) is 76.0 Å². The van der Waals surface area contributed by atoms with Gasteiger partial charge in [0.1, 0.15) is 0 Å². The molecular formula is C21H27Cl2NO3. The zero-order valence-corrected chi connectivity index (χ0v) is 18.0. The second-order valence-electron chi connectivity index (χ2n) is 8.65. The van der Waals surface area contributed by atoms with E-state index < -0.39 is 5.41 Å². The Hall–Kier alpha value is -1.26. The molecule has 0 heterocycles. The van der Waals surface area contributed by atoms with Crippen molar-refractivity contribution >= 4 is 34.9 Å². The van der Waals surface area contributed by atoms with Gasteiger partial charge >= 0.3 is 5.97 Å². The number of benzene rings is 1. The molecule has 1 aromatic rings. The van der Waals surface area contributed by atoms with Gasteiger partial charge in [-0.3, -0.25) is 4.79 Å². The van der Waals surface area contributed by atoms with E-state index in [1.54, 1.807) is 0 Å². The normalized spacial score (nSPS) is 31.6. The van der Waals surface area contributed by atoms with Crippen molar-refractivity contribution in [1.29, 1.82) is 0 Å². The number of halogens is 2. The number of methoxy groups -OCH3 is 1. The molecular weight excluding hydrogens is 385 g/mol. The van der Waals surface area contributed by atoms with Crippen molar-refractivity contribution in [3.05, 3.63) is 32.8 Å². The molecule has 0 bridgehead atoms. The van der Waals surface area contributed by atoms with Gasteiger partial charge in [0.25, 0.3) is 0 Å². The highest BCUT2D eigenvalue weighted by Gasteiger charge is 2.57. The SMILES string of the molecule is COC(=O)C1(C)CCCC2(C)c3cc(Cl)c(C(C)C)c(Cl)c3C(=NO)CC12. The van der Waals surface area contributed by atoms with Crippen LogP contribution in [0.3, 0.4) is 0 Å². The van der Waals surface area contributed by atoms with Crippen molar-refractivity contribution < 1.29 is 14.7 Å². The first-order chi connectivity index (χ1) is 12.6.